The molecule has 0 radical (unpaired) electrons. The van der Waals surface area contributed by atoms with Crippen LogP contribution in [0.1, 0.15) is 34.0 Å². The van der Waals surface area contributed by atoms with E-state index in [-0.39, 0.29) is 18.1 Å². The lowest BCUT2D eigenvalue weighted by Crippen LogP contribution is -2.14. The van der Waals surface area contributed by atoms with Gasteiger partial charge in [-0.25, -0.2) is 0 Å². The zero-order valence-corrected chi connectivity index (χ0v) is 15.0. The summed E-state index contributed by atoms with van der Waals surface area (Å²) >= 11 is 6.32. The van der Waals surface area contributed by atoms with Gasteiger partial charge >= 0.3 is 0 Å². The van der Waals surface area contributed by atoms with Gasteiger partial charge in [-0.1, -0.05) is 23.7 Å². The summed E-state index contributed by atoms with van der Waals surface area (Å²) in [5.41, 5.74) is 4.51. The Balaban J connectivity index is 1.84. The van der Waals surface area contributed by atoms with Gasteiger partial charge < -0.3 is 9.73 Å². The second kappa shape index (κ2) is 6.73. The molecule has 5 heteroatoms. The molecule has 0 spiro atoms. The Hall–Kier alpha value is -2.59. The van der Waals surface area contributed by atoms with Gasteiger partial charge in [-0.05, 0) is 50.1 Å². The van der Waals surface area contributed by atoms with Crippen molar-refractivity contribution in [3.63, 3.8) is 0 Å². The van der Waals surface area contributed by atoms with E-state index >= 15 is 0 Å². The van der Waals surface area contributed by atoms with Crippen LogP contribution in [-0.4, -0.2) is 11.7 Å². The maximum atomic E-state index is 12.4. The standard InChI is InChI=1S/C20H18ClNO3/c1-11-7-17-19(12(2)20(11)21)15(10-25-17)9-18(24)22-16-6-4-5-14(8-16)13(3)23/h4-8,10H,9H2,1-3H3,(H,22,24). The van der Waals surface area contributed by atoms with Crippen molar-refractivity contribution in [2.24, 2.45) is 0 Å². The zero-order chi connectivity index (χ0) is 18.1. The number of anilines is 1. The molecule has 0 aliphatic carbocycles. The highest BCUT2D eigenvalue weighted by atomic mass is 35.5. The van der Waals surface area contributed by atoms with Crippen molar-refractivity contribution in [2.45, 2.75) is 27.2 Å². The SMILES string of the molecule is CC(=O)c1cccc(NC(=O)Cc2coc3cc(C)c(Cl)c(C)c23)c1. The Morgan fingerprint density at radius 2 is 1.96 bits per heavy atom. The summed E-state index contributed by atoms with van der Waals surface area (Å²) in [6, 6.07) is 8.76. The average Bonchev–Trinajstić information content (AvgIpc) is 2.95. The Labute approximate surface area is 150 Å². The molecule has 128 valence electrons. The molecule has 0 bridgehead atoms. The van der Waals surface area contributed by atoms with Crippen molar-refractivity contribution < 1.29 is 14.0 Å². The van der Waals surface area contributed by atoms with Gasteiger partial charge in [0.2, 0.25) is 5.91 Å². The van der Waals surface area contributed by atoms with Gasteiger partial charge in [0.15, 0.2) is 5.78 Å². The summed E-state index contributed by atoms with van der Waals surface area (Å²) in [5, 5.41) is 4.38. The van der Waals surface area contributed by atoms with Crippen molar-refractivity contribution in [3.05, 3.63) is 63.9 Å². The Kier molecular flexibility index (Phi) is 4.64. The van der Waals surface area contributed by atoms with E-state index in [1.807, 2.05) is 19.9 Å². The Morgan fingerprint density at radius 1 is 1.20 bits per heavy atom. The van der Waals surface area contributed by atoms with E-state index in [0.29, 0.717) is 16.3 Å². The molecule has 1 heterocycles. The first-order valence-electron chi connectivity index (χ1n) is 7.93. The second-order valence-corrected chi connectivity index (χ2v) is 6.51. The molecular weight excluding hydrogens is 338 g/mol. The molecule has 0 saturated heterocycles. The number of carbonyl (C=O) groups excluding carboxylic acids is 2. The number of carbonyl (C=O) groups is 2. The van der Waals surface area contributed by atoms with Crippen LogP contribution in [0.4, 0.5) is 5.69 Å². The first kappa shape index (κ1) is 17.2. The minimum atomic E-state index is -0.181. The Bertz CT molecular complexity index is 988. The van der Waals surface area contributed by atoms with Crippen LogP contribution < -0.4 is 5.32 Å². The lowest BCUT2D eigenvalue weighted by molar-refractivity contribution is -0.115. The summed E-state index contributed by atoms with van der Waals surface area (Å²) in [4.78, 5) is 23.8. The van der Waals surface area contributed by atoms with Crippen LogP contribution in [0, 0.1) is 13.8 Å². The highest BCUT2D eigenvalue weighted by Crippen LogP contribution is 2.32. The summed E-state index contributed by atoms with van der Waals surface area (Å²) in [6.07, 6.45) is 1.76. The van der Waals surface area contributed by atoms with Gasteiger partial charge in [-0.15, -0.1) is 0 Å². The van der Waals surface area contributed by atoms with Crippen LogP contribution in [-0.2, 0) is 11.2 Å². The molecule has 0 aliphatic rings. The summed E-state index contributed by atoms with van der Waals surface area (Å²) < 4.78 is 5.58. The molecule has 3 aromatic rings. The minimum Gasteiger partial charge on any atom is -0.464 e. The predicted molar refractivity (Wildman–Crippen MR) is 99.5 cm³/mol. The van der Waals surface area contributed by atoms with Crippen molar-refractivity contribution >= 4 is 39.9 Å². The summed E-state index contributed by atoms with van der Waals surface area (Å²) in [7, 11) is 0. The number of hydrogen-bond acceptors (Lipinski definition) is 3. The van der Waals surface area contributed by atoms with Crippen LogP contribution in [0.25, 0.3) is 11.0 Å². The predicted octanol–water partition coefficient (Wildman–Crippen LogP) is 5.09. The molecule has 4 nitrogen and oxygen atoms in total. The molecular formula is C20H18ClNO3. The Morgan fingerprint density at radius 3 is 2.68 bits per heavy atom. The molecule has 0 aliphatic heterocycles. The van der Waals surface area contributed by atoms with Gasteiger partial charge in [0.05, 0.1) is 12.7 Å². The summed E-state index contributed by atoms with van der Waals surface area (Å²) in [6.45, 7) is 5.34. The number of halogens is 1. The zero-order valence-electron chi connectivity index (χ0n) is 14.3. The number of fused-ring (bicyclic) bond motifs is 1. The summed E-state index contributed by atoms with van der Waals surface area (Å²) in [5.74, 6) is -0.225. The molecule has 1 N–H and O–H groups in total. The van der Waals surface area contributed by atoms with Crippen molar-refractivity contribution in [1.29, 1.82) is 0 Å². The monoisotopic (exact) mass is 355 g/mol. The van der Waals surface area contributed by atoms with E-state index in [0.717, 1.165) is 27.7 Å². The fraction of sp³-hybridized carbons (Fsp3) is 0.200. The fourth-order valence-corrected chi connectivity index (χ4v) is 3.08. The van der Waals surface area contributed by atoms with E-state index in [1.54, 1.807) is 30.5 Å². The number of rotatable bonds is 4. The number of furan rings is 1. The van der Waals surface area contributed by atoms with Crippen LogP contribution in [0.2, 0.25) is 5.02 Å². The molecule has 0 saturated carbocycles. The normalized spacial score (nSPS) is 10.9. The third-order valence-corrected chi connectivity index (χ3v) is 4.78. The van der Waals surface area contributed by atoms with Gasteiger partial charge in [0, 0.05) is 27.2 Å². The quantitative estimate of drug-likeness (QED) is 0.663. The van der Waals surface area contributed by atoms with Crippen molar-refractivity contribution in [3.8, 4) is 0 Å². The molecule has 1 aromatic heterocycles. The lowest BCUT2D eigenvalue weighted by Gasteiger charge is -2.07. The highest BCUT2D eigenvalue weighted by Gasteiger charge is 2.16. The second-order valence-electron chi connectivity index (χ2n) is 6.13. The van der Waals surface area contributed by atoms with E-state index in [9.17, 15) is 9.59 Å². The topological polar surface area (TPSA) is 59.3 Å². The molecule has 0 atom stereocenters. The highest BCUT2D eigenvalue weighted by molar-refractivity contribution is 6.33. The molecule has 2 aromatic carbocycles. The maximum absolute atomic E-state index is 12.4. The molecule has 3 rings (SSSR count). The van der Waals surface area contributed by atoms with Gasteiger partial charge in [-0.2, -0.15) is 0 Å². The number of nitrogens with one attached hydrogen (secondary N) is 1. The molecule has 1 amide bonds. The van der Waals surface area contributed by atoms with E-state index in [4.69, 9.17) is 16.0 Å². The molecule has 25 heavy (non-hydrogen) atoms. The van der Waals surface area contributed by atoms with Gasteiger partial charge in [0.1, 0.15) is 5.58 Å². The lowest BCUT2D eigenvalue weighted by atomic mass is 10.0. The van der Waals surface area contributed by atoms with Gasteiger partial charge in [-0.3, -0.25) is 9.59 Å². The van der Waals surface area contributed by atoms with Crippen molar-refractivity contribution in [2.75, 3.05) is 5.32 Å². The number of hydrogen-bond donors (Lipinski definition) is 1. The van der Waals surface area contributed by atoms with Gasteiger partial charge in [0.25, 0.3) is 0 Å². The van der Waals surface area contributed by atoms with Crippen LogP contribution in [0.3, 0.4) is 0 Å². The minimum absolute atomic E-state index is 0.0439. The smallest absolute Gasteiger partial charge is 0.228 e. The number of ketones is 1. The first-order chi connectivity index (χ1) is 11.9. The van der Waals surface area contributed by atoms with E-state index < -0.39 is 0 Å². The first-order valence-corrected chi connectivity index (χ1v) is 8.31. The van der Waals surface area contributed by atoms with Crippen LogP contribution in [0.5, 0.6) is 0 Å². The van der Waals surface area contributed by atoms with Crippen molar-refractivity contribution in [1.82, 2.24) is 0 Å². The number of amides is 1. The number of benzene rings is 2. The fourth-order valence-electron chi connectivity index (χ4n) is 2.93. The van der Waals surface area contributed by atoms with Crippen LogP contribution in [0.15, 0.2) is 41.0 Å². The largest absolute Gasteiger partial charge is 0.464 e. The third kappa shape index (κ3) is 3.44. The molecule has 0 unspecified atom stereocenters. The average molecular weight is 356 g/mol. The third-order valence-electron chi connectivity index (χ3n) is 4.20. The van der Waals surface area contributed by atoms with E-state index in [1.165, 1.54) is 6.92 Å². The maximum Gasteiger partial charge on any atom is 0.228 e. The number of Topliss-reactive ketones (excluding diaryl/α,β-unsaturated/α-hetero) is 1. The van der Waals surface area contributed by atoms with E-state index in [2.05, 4.69) is 5.32 Å². The van der Waals surface area contributed by atoms with Crippen LogP contribution >= 0.6 is 11.6 Å². The molecule has 0 fully saturated rings. The number of aryl methyl sites for hydroxylation is 2.